The summed E-state index contributed by atoms with van der Waals surface area (Å²) in [5.41, 5.74) is 2.09. The third kappa shape index (κ3) is 5.36. The van der Waals surface area contributed by atoms with Crippen LogP contribution in [0.2, 0.25) is 0 Å². The molecular weight excluding hydrogens is 387 g/mol. The lowest BCUT2D eigenvalue weighted by molar-refractivity contribution is -0.117. The Labute approximate surface area is 172 Å². The average molecular weight is 415 g/mol. The third-order valence-corrected chi connectivity index (χ3v) is 5.18. The van der Waals surface area contributed by atoms with Crippen molar-refractivity contribution in [1.82, 2.24) is 14.8 Å². The van der Waals surface area contributed by atoms with E-state index in [9.17, 15) is 4.79 Å². The van der Waals surface area contributed by atoms with Gasteiger partial charge >= 0.3 is 0 Å². The van der Waals surface area contributed by atoms with Crippen LogP contribution in [0, 0.1) is 0 Å². The molecule has 2 aliphatic rings. The quantitative estimate of drug-likeness (QED) is 0.788. The number of nitrogens with zero attached hydrogens (tertiary/aromatic N) is 2. The summed E-state index contributed by atoms with van der Waals surface area (Å²) >= 11 is 0. The SMILES string of the molecule is Cl.Cl.O=C(Nc1ccc2c(ccn2CCN2CCOCC2)c1)C1CCCN1. The molecule has 0 saturated carbocycles. The zero-order valence-electron chi connectivity index (χ0n) is 15.4. The molecule has 4 rings (SSSR count). The number of carbonyl (C=O) groups excluding carboxylic acids is 1. The Bertz CT molecular complexity index is 740. The monoisotopic (exact) mass is 414 g/mol. The van der Waals surface area contributed by atoms with Gasteiger partial charge in [0.25, 0.3) is 0 Å². The van der Waals surface area contributed by atoms with Crippen molar-refractivity contribution in [1.29, 1.82) is 0 Å². The second-order valence-electron chi connectivity index (χ2n) is 6.87. The summed E-state index contributed by atoms with van der Waals surface area (Å²) in [6.45, 7) is 6.66. The van der Waals surface area contributed by atoms with Crippen LogP contribution < -0.4 is 10.6 Å². The molecule has 8 heteroatoms. The fourth-order valence-electron chi connectivity index (χ4n) is 3.68. The number of ether oxygens (including phenoxy) is 1. The van der Waals surface area contributed by atoms with E-state index in [1.165, 1.54) is 10.9 Å². The van der Waals surface area contributed by atoms with Crippen molar-refractivity contribution in [2.45, 2.75) is 25.4 Å². The average Bonchev–Trinajstić information content (AvgIpc) is 3.31. The van der Waals surface area contributed by atoms with Gasteiger partial charge in [-0.25, -0.2) is 0 Å². The Balaban J connectivity index is 0.00000131. The summed E-state index contributed by atoms with van der Waals surface area (Å²) in [7, 11) is 0. The van der Waals surface area contributed by atoms with Crippen molar-refractivity contribution in [2.75, 3.05) is 44.7 Å². The van der Waals surface area contributed by atoms with Crippen LogP contribution in [0.5, 0.6) is 0 Å². The molecule has 3 heterocycles. The van der Waals surface area contributed by atoms with E-state index in [0.29, 0.717) is 0 Å². The molecule has 2 N–H and O–H groups in total. The van der Waals surface area contributed by atoms with Gasteiger partial charge in [-0.2, -0.15) is 0 Å². The van der Waals surface area contributed by atoms with Crippen LogP contribution in [0.3, 0.4) is 0 Å². The van der Waals surface area contributed by atoms with E-state index in [2.05, 4.69) is 44.5 Å². The molecule has 2 fully saturated rings. The number of hydrogen-bond donors (Lipinski definition) is 2. The second-order valence-corrected chi connectivity index (χ2v) is 6.87. The highest BCUT2D eigenvalue weighted by Gasteiger charge is 2.22. The molecule has 1 aromatic carbocycles. The summed E-state index contributed by atoms with van der Waals surface area (Å²) in [5.74, 6) is 0.0728. The predicted molar refractivity (Wildman–Crippen MR) is 113 cm³/mol. The first-order valence-corrected chi connectivity index (χ1v) is 9.23. The van der Waals surface area contributed by atoms with Gasteiger partial charge in [0, 0.05) is 49.0 Å². The number of rotatable bonds is 5. The molecule has 2 saturated heterocycles. The maximum absolute atomic E-state index is 12.2. The van der Waals surface area contributed by atoms with E-state index in [1.54, 1.807) is 0 Å². The van der Waals surface area contributed by atoms with Crippen molar-refractivity contribution in [3.8, 4) is 0 Å². The van der Waals surface area contributed by atoms with Gasteiger partial charge in [-0.1, -0.05) is 0 Å². The molecule has 0 radical (unpaired) electrons. The number of halogens is 2. The molecule has 6 nitrogen and oxygen atoms in total. The first kappa shape index (κ1) is 22.0. The molecule has 0 spiro atoms. The van der Waals surface area contributed by atoms with Crippen LogP contribution in [-0.2, 0) is 16.1 Å². The molecule has 27 heavy (non-hydrogen) atoms. The third-order valence-electron chi connectivity index (χ3n) is 5.18. The standard InChI is InChI=1S/C19H26N4O2.2ClH/c24-19(17-2-1-6-20-17)21-16-3-4-18-15(14-16)5-7-23(18)9-8-22-10-12-25-13-11-22;;/h3-5,7,14,17,20H,1-2,6,8-13H2,(H,21,24);2*1H. The topological polar surface area (TPSA) is 58.5 Å². The van der Waals surface area contributed by atoms with Crippen LogP contribution >= 0.6 is 24.8 Å². The summed E-state index contributed by atoms with van der Waals surface area (Å²) < 4.78 is 7.69. The zero-order valence-corrected chi connectivity index (χ0v) is 17.0. The smallest absolute Gasteiger partial charge is 0.241 e. The number of anilines is 1. The van der Waals surface area contributed by atoms with Crippen LogP contribution in [0.15, 0.2) is 30.5 Å². The molecule has 2 aromatic rings. The lowest BCUT2D eigenvalue weighted by Gasteiger charge is -2.26. The molecular formula is C19H28Cl2N4O2. The fourth-order valence-corrected chi connectivity index (χ4v) is 3.68. The van der Waals surface area contributed by atoms with Crippen LogP contribution in [0.1, 0.15) is 12.8 Å². The molecule has 150 valence electrons. The highest BCUT2D eigenvalue weighted by molar-refractivity contribution is 5.97. The number of hydrogen-bond acceptors (Lipinski definition) is 4. The van der Waals surface area contributed by atoms with Crippen molar-refractivity contribution >= 4 is 47.3 Å². The minimum atomic E-state index is -0.0474. The Kier molecular flexibility index (Phi) is 8.38. The number of fused-ring (bicyclic) bond motifs is 1. The van der Waals surface area contributed by atoms with Gasteiger partial charge in [0.05, 0.1) is 19.3 Å². The van der Waals surface area contributed by atoms with Crippen molar-refractivity contribution in [3.63, 3.8) is 0 Å². The zero-order chi connectivity index (χ0) is 17.1. The van der Waals surface area contributed by atoms with E-state index < -0.39 is 0 Å². The maximum atomic E-state index is 12.2. The Hall–Kier alpha value is -1.31. The molecule has 1 atom stereocenters. The number of morpholine rings is 1. The molecule has 2 aliphatic heterocycles. The van der Waals surface area contributed by atoms with Gasteiger partial charge in [-0.15, -0.1) is 24.8 Å². The van der Waals surface area contributed by atoms with Gasteiger partial charge in [0.1, 0.15) is 0 Å². The normalized spacial score (nSPS) is 20.1. The van der Waals surface area contributed by atoms with E-state index in [-0.39, 0.29) is 36.8 Å². The van der Waals surface area contributed by atoms with E-state index in [1.807, 2.05) is 6.07 Å². The van der Waals surface area contributed by atoms with Crippen molar-refractivity contribution in [3.05, 3.63) is 30.5 Å². The molecule has 1 amide bonds. The maximum Gasteiger partial charge on any atom is 0.241 e. The van der Waals surface area contributed by atoms with E-state index in [0.717, 1.165) is 64.5 Å². The molecule has 0 bridgehead atoms. The van der Waals surface area contributed by atoms with Gasteiger partial charge in [0.2, 0.25) is 5.91 Å². The van der Waals surface area contributed by atoms with Gasteiger partial charge in [-0.3, -0.25) is 9.69 Å². The highest BCUT2D eigenvalue weighted by Crippen LogP contribution is 2.21. The molecule has 1 aromatic heterocycles. The largest absolute Gasteiger partial charge is 0.379 e. The van der Waals surface area contributed by atoms with Gasteiger partial charge in [-0.05, 0) is 43.7 Å². The Morgan fingerprint density at radius 2 is 2.00 bits per heavy atom. The highest BCUT2D eigenvalue weighted by atomic mass is 35.5. The first-order valence-electron chi connectivity index (χ1n) is 9.23. The van der Waals surface area contributed by atoms with E-state index in [4.69, 9.17) is 4.74 Å². The number of nitrogens with one attached hydrogen (secondary N) is 2. The van der Waals surface area contributed by atoms with E-state index >= 15 is 0 Å². The summed E-state index contributed by atoms with van der Waals surface area (Å²) in [6.07, 6.45) is 4.13. The Morgan fingerprint density at radius 3 is 2.74 bits per heavy atom. The number of carbonyl (C=O) groups is 1. The van der Waals surface area contributed by atoms with Gasteiger partial charge < -0.3 is 19.9 Å². The summed E-state index contributed by atoms with van der Waals surface area (Å²) in [6, 6.07) is 8.24. The summed E-state index contributed by atoms with van der Waals surface area (Å²) in [5, 5.41) is 7.44. The summed E-state index contributed by atoms with van der Waals surface area (Å²) in [4.78, 5) is 14.7. The molecule has 0 aliphatic carbocycles. The van der Waals surface area contributed by atoms with Crippen LogP contribution in [-0.4, -0.2) is 60.8 Å². The van der Waals surface area contributed by atoms with Gasteiger partial charge in [0.15, 0.2) is 0 Å². The second kappa shape index (κ2) is 10.3. The lowest BCUT2D eigenvalue weighted by atomic mass is 10.2. The first-order chi connectivity index (χ1) is 12.3. The predicted octanol–water partition coefficient (Wildman–Crippen LogP) is 2.51. The minimum Gasteiger partial charge on any atom is -0.379 e. The van der Waals surface area contributed by atoms with Crippen LogP contribution in [0.4, 0.5) is 5.69 Å². The fraction of sp³-hybridized carbons (Fsp3) is 0.526. The molecule has 1 unspecified atom stereocenters. The van der Waals surface area contributed by atoms with Crippen LogP contribution in [0.25, 0.3) is 10.9 Å². The number of benzene rings is 1. The number of amides is 1. The van der Waals surface area contributed by atoms with Crippen molar-refractivity contribution < 1.29 is 9.53 Å². The van der Waals surface area contributed by atoms with Crippen molar-refractivity contribution in [2.24, 2.45) is 0 Å². The Morgan fingerprint density at radius 1 is 1.19 bits per heavy atom. The lowest BCUT2D eigenvalue weighted by Crippen LogP contribution is -2.38. The number of aromatic nitrogens is 1. The minimum absolute atomic E-state index is 0.